The van der Waals surface area contributed by atoms with Gasteiger partial charge in [0.05, 0.1) is 13.2 Å². The minimum absolute atomic E-state index is 0.0992. The Bertz CT molecular complexity index is 421. The Morgan fingerprint density at radius 2 is 2.24 bits per heavy atom. The third-order valence-corrected chi connectivity index (χ3v) is 2.99. The molecule has 0 aromatic heterocycles. The number of carboxylic acids is 1. The Hall–Kier alpha value is -1.59. The molecule has 1 aliphatic rings. The van der Waals surface area contributed by atoms with Crippen LogP contribution in [-0.2, 0) is 10.3 Å². The van der Waals surface area contributed by atoms with Gasteiger partial charge in [0, 0.05) is 18.5 Å². The third-order valence-electron chi connectivity index (χ3n) is 2.99. The minimum atomic E-state index is -1.16. The quantitative estimate of drug-likeness (QED) is 0.703. The molecule has 1 aromatic carbocycles. The lowest BCUT2D eigenvalue weighted by Crippen LogP contribution is -2.52. The van der Waals surface area contributed by atoms with Crippen molar-refractivity contribution >= 4 is 5.97 Å². The molecule has 0 spiro atoms. The number of carbonyl (C=O) groups is 1. The second-order valence-corrected chi connectivity index (χ2v) is 3.96. The van der Waals surface area contributed by atoms with Gasteiger partial charge < -0.3 is 14.9 Å². The van der Waals surface area contributed by atoms with E-state index < -0.39 is 11.5 Å². The normalized spacial score (nSPS) is 22.6. The summed E-state index contributed by atoms with van der Waals surface area (Å²) < 4.78 is 5.44. The maximum Gasteiger partial charge on any atom is 0.328 e. The first kappa shape index (κ1) is 11.9. The van der Waals surface area contributed by atoms with E-state index in [2.05, 4.69) is 5.32 Å². The maximum atomic E-state index is 11.5. The molecule has 0 amide bonds. The highest BCUT2D eigenvalue weighted by atomic mass is 16.5. The van der Waals surface area contributed by atoms with E-state index in [1.54, 1.807) is 18.2 Å². The molecule has 0 radical (unpaired) electrons. The van der Waals surface area contributed by atoms with Gasteiger partial charge in [-0.15, -0.1) is 0 Å². The summed E-state index contributed by atoms with van der Waals surface area (Å²) in [6.07, 6.45) is 0.347. The monoisotopic (exact) mass is 237 g/mol. The number of ether oxygens (including phenoxy) is 1. The topological polar surface area (TPSA) is 78.8 Å². The maximum absolute atomic E-state index is 11.5. The average Bonchev–Trinajstić information content (AvgIpc) is 2.36. The molecule has 0 saturated heterocycles. The van der Waals surface area contributed by atoms with E-state index in [-0.39, 0.29) is 13.2 Å². The van der Waals surface area contributed by atoms with E-state index in [9.17, 15) is 9.90 Å². The molecule has 1 unspecified atom stereocenters. The molecule has 17 heavy (non-hydrogen) atoms. The molecular weight excluding hydrogens is 222 g/mol. The molecule has 5 heteroatoms. The summed E-state index contributed by atoms with van der Waals surface area (Å²) in [7, 11) is 0. The zero-order chi connectivity index (χ0) is 12.3. The van der Waals surface area contributed by atoms with E-state index in [4.69, 9.17) is 9.84 Å². The fraction of sp³-hybridized carbons (Fsp3) is 0.417. The number of rotatable bonds is 4. The van der Waals surface area contributed by atoms with E-state index in [0.717, 1.165) is 0 Å². The fourth-order valence-corrected chi connectivity index (χ4v) is 2.14. The predicted octanol–water partition coefficient (Wildman–Crippen LogP) is 0.331. The van der Waals surface area contributed by atoms with Crippen molar-refractivity contribution in [3.63, 3.8) is 0 Å². The van der Waals surface area contributed by atoms with Gasteiger partial charge in [-0.05, 0) is 6.07 Å². The molecule has 0 bridgehead atoms. The number of benzene rings is 1. The molecule has 3 N–H and O–H groups in total. The smallest absolute Gasteiger partial charge is 0.328 e. The number of aliphatic hydroxyl groups excluding tert-OH is 1. The van der Waals surface area contributed by atoms with Gasteiger partial charge in [0.1, 0.15) is 11.3 Å². The summed E-state index contributed by atoms with van der Waals surface area (Å²) in [5.41, 5.74) is -0.537. The summed E-state index contributed by atoms with van der Waals surface area (Å²) >= 11 is 0. The number of nitrogens with one attached hydrogen (secondary N) is 1. The summed E-state index contributed by atoms with van der Waals surface area (Å²) in [5.74, 6) is -0.353. The largest absolute Gasteiger partial charge is 0.493 e. The molecule has 1 atom stereocenters. The van der Waals surface area contributed by atoms with Crippen molar-refractivity contribution < 1.29 is 19.7 Å². The van der Waals surface area contributed by atoms with Crippen molar-refractivity contribution in [3.8, 4) is 5.75 Å². The molecule has 1 heterocycles. The van der Waals surface area contributed by atoms with Gasteiger partial charge >= 0.3 is 5.97 Å². The van der Waals surface area contributed by atoms with Crippen LogP contribution in [0.15, 0.2) is 24.3 Å². The summed E-state index contributed by atoms with van der Waals surface area (Å²) in [5, 5.41) is 21.2. The number of hydrogen-bond donors (Lipinski definition) is 3. The van der Waals surface area contributed by atoms with Crippen molar-refractivity contribution in [2.75, 3.05) is 19.8 Å². The fourth-order valence-electron chi connectivity index (χ4n) is 2.14. The van der Waals surface area contributed by atoms with E-state index in [1.807, 2.05) is 6.07 Å². The summed E-state index contributed by atoms with van der Waals surface area (Å²) in [6, 6.07) is 7.09. The Labute approximate surface area is 99.0 Å². The highest BCUT2D eigenvalue weighted by Gasteiger charge is 2.44. The first-order valence-corrected chi connectivity index (χ1v) is 5.52. The number of para-hydroxylation sites is 1. The zero-order valence-corrected chi connectivity index (χ0v) is 9.35. The van der Waals surface area contributed by atoms with Gasteiger partial charge in [-0.2, -0.15) is 0 Å². The lowest BCUT2D eigenvalue weighted by Gasteiger charge is -2.35. The molecule has 0 saturated carbocycles. The van der Waals surface area contributed by atoms with Crippen LogP contribution in [-0.4, -0.2) is 35.9 Å². The Morgan fingerprint density at radius 1 is 1.47 bits per heavy atom. The summed E-state index contributed by atoms with van der Waals surface area (Å²) in [4.78, 5) is 11.5. The molecule has 1 aliphatic heterocycles. The molecule has 5 nitrogen and oxygen atoms in total. The van der Waals surface area contributed by atoms with Crippen LogP contribution >= 0.6 is 0 Å². The van der Waals surface area contributed by atoms with Gasteiger partial charge in [0.15, 0.2) is 0 Å². The highest BCUT2D eigenvalue weighted by Crippen LogP contribution is 2.36. The lowest BCUT2D eigenvalue weighted by molar-refractivity contribution is -0.146. The van der Waals surface area contributed by atoms with E-state index in [1.165, 1.54) is 0 Å². The lowest BCUT2D eigenvalue weighted by atomic mass is 9.84. The Morgan fingerprint density at radius 3 is 2.94 bits per heavy atom. The van der Waals surface area contributed by atoms with Crippen molar-refractivity contribution in [1.29, 1.82) is 0 Å². The van der Waals surface area contributed by atoms with Crippen molar-refractivity contribution in [3.05, 3.63) is 29.8 Å². The number of aliphatic hydroxyl groups is 1. The average molecular weight is 237 g/mol. The molecular formula is C12H15NO4. The van der Waals surface area contributed by atoms with Gasteiger partial charge in [-0.25, -0.2) is 4.79 Å². The Balaban J connectivity index is 2.43. The molecule has 0 aliphatic carbocycles. The second-order valence-electron chi connectivity index (χ2n) is 3.96. The van der Waals surface area contributed by atoms with Gasteiger partial charge in [-0.1, -0.05) is 18.2 Å². The third kappa shape index (κ3) is 1.99. The molecule has 92 valence electrons. The number of carboxylic acid groups (broad SMARTS) is 1. The van der Waals surface area contributed by atoms with Crippen LogP contribution in [0, 0.1) is 0 Å². The first-order chi connectivity index (χ1) is 8.20. The van der Waals surface area contributed by atoms with Crippen molar-refractivity contribution in [2.45, 2.75) is 12.0 Å². The Kier molecular flexibility index (Phi) is 3.31. The van der Waals surface area contributed by atoms with Crippen LogP contribution in [0.3, 0.4) is 0 Å². The van der Waals surface area contributed by atoms with Crippen LogP contribution in [0.5, 0.6) is 5.75 Å². The molecule has 0 fully saturated rings. The highest BCUT2D eigenvalue weighted by molar-refractivity contribution is 5.82. The first-order valence-electron chi connectivity index (χ1n) is 5.52. The SMILES string of the molecule is O=C(O)C1(NCCO)CCOc2ccccc21. The van der Waals surface area contributed by atoms with Crippen LogP contribution in [0.4, 0.5) is 0 Å². The molecule has 1 aromatic rings. The van der Waals surface area contributed by atoms with Gasteiger partial charge in [0.25, 0.3) is 0 Å². The second kappa shape index (κ2) is 4.73. The summed E-state index contributed by atoms with van der Waals surface area (Å²) in [6.45, 7) is 0.487. The molecule has 2 rings (SSSR count). The van der Waals surface area contributed by atoms with Crippen molar-refractivity contribution in [2.24, 2.45) is 0 Å². The van der Waals surface area contributed by atoms with E-state index in [0.29, 0.717) is 24.3 Å². The van der Waals surface area contributed by atoms with Gasteiger partial charge in [0.2, 0.25) is 0 Å². The number of fused-ring (bicyclic) bond motifs is 1. The standard InChI is InChI=1S/C12H15NO4/c14-7-6-13-12(11(15)16)5-8-17-10-4-2-1-3-9(10)12/h1-4,13-14H,5-8H2,(H,15,16). The number of aliphatic carboxylic acids is 1. The van der Waals surface area contributed by atoms with Crippen molar-refractivity contribution in [1.82, 2.24) is 5.32 Å². The van der Waals surface area contributed by atoms with E-state index >= 15 is 0 Å². The van der Waals surface area contributed by atoms with Crippen LogP contribution < -0.4 is 10.1 Å². The number of hydrogen-bond acceptors (Lipinski definition) is 4. The van der Waals surface area contributed by atoms with Crippen LogP contribution in [0.1, 0.15) is 12.0 Å². The zero-order valence-electron chi connectivity index (χ0n) is 9.35. The van der Waals surface area contributed by atoms with Crippen LogP contribution in [0.25, 0.3) is 0 Å². The van der Waals surface area contributed by atoms with Gasteiger partial charge in [-0.3, -0.25) is 5.32 Å². The van der Waals surface area contributed by atoms with Crippen LogP contribution in [0.2, 0.25) is 0 Å². The minimum Gasteiger partial charge on any atom is -0.493 e. The predicted molar refractivity (Wildman–Crippen MR) is 61.0 cm³/mol.